The van der Waals surface area contributed by atoms with E-state index in [1.165, 1.54) is 0 Å². The van der Waals surface area contributed by atoms with Gasteiger partial charge >= 0.3 is 0 Å². The molecule has 4 heteroatoms. The first-order chi connectivity index (χ1) is 6.56. The molecule has 0 saturated heterocycles. The lowest BCUT2D eigenvalue weighted by molar-refractivity contribution is 0.0993. The number of rotatable bonds is 3. The van der Waals surface area contributed by atoms with Gasteiger partial charge < -0.3 is 0 Å². The van der Waals surface area contributed by atoms with Gasteiger partial charge in [0.2, 0.25) is 0 Å². The summed E-state index contributed by atoms with van der Waals surface area (Å²) in [6.45, 7) is 1.84. The lowest BCUT2D eigenvalue weighted by atomic mass is 10.1. The summed E-state index contributed by atoms with van der Waals surface area (Å²) in [5.41, 5.74) is 0.782. The van der Waals surface area contributed by atoms with E-state index in [0.29, 0.717) is 0 Å². The van der Waals surface area contributed by atoms with Crippen molar-refractivity contribution in [2.24, 2.45) is 0 Å². The highest BCUT2D eigenvalue weighted by molar-refractivity contribution is 9.10. The van der Waals surface area contributed by atoms with Crippen LogP contribution in [-0.2, 0) is 0 Å². The third-order valence-corrected chi connectivity index (χ3v) is 3.48. The van der Waals surface area contributed by atoms with E-state index in [9.17, 15) is 4.79 Å². The summed E-state index contributed by atoms with van der Waals surface area (Å²) in [4.78, 5) is 12.6. The van der Waals surface area contributed by atoms with Crippen LogP contribution in [0.2, 0.25) is 0 Å². The number of hydrogen-bond donors (Lipinski definition) is 0. The van der Waals surface area contributed by atoms with Crippen LogP contribution in [-0.4, -0.2) is 16.9 Å². The molecular weight excluding hydrogens is 328 g/mol. The van der Waals surface area contributed by atoms with Crippen molar-refractivity contribution in [3.05, 3.63) is 28.2 Å². The van der Waals surface area contributed by atoms with E-state index in [1.54, 1.807) is 11.8 Å². The van der Waals surface area contributed by atoms with E-state index in [-0.39, 0.29) is 10.6 Å². The fourth-order valence-corrected chi connectivity index (χ4v) is 2.48. The highest BCUT2D eigenvalue weighted by atomic mass is 79.9. The monoisotopic (exact) mass is 336 g/mol. The second-order valence-electron chi connectivity index (χ2n) is 2.82. The third kappa shape index (κ3) is 2.84. The van der Waals surface area contributed by atoms with Crippen LogP contribution in [0.25, 0.3) is 0 Å². The highest BCUT2D eigenvalue weighted by Gasteiger charge is 2.15. The van der Waals surface area contributed by atoms with Gasteiger partial charge in [0.05, 0.1) is 4.83 Å². The van der Waals surface area contributed by atoms with Gasteiger partial charge in [-0.15, -0.1) is 11.8 Å². The van der Waals surface area contributed by atoms with Crippen LogP contribution >= 0.6 is 43.6 Å². The van der Waals surface area contributed by atoms with Crippen LogP contribution < -0.4 is 0 Å². The Kier molecular flexibility index (Phi) is 4.67. The number of carbonyl (C=O) groups excluding carboxylic acids is 1. The second kappa shape index (κ2) is 5.33. The molecule has 0 aliphatic carbocycles. The Morgan fingerprint density at radius 3 is 2.64 bits per heavy atom. The SMILES string of the molecule is CSc1cc(Br)ccc1C(=O)C(C)Br. The van der Waals surface area contributed by atoms with Crippen molar-refractivity contribution in [3.8, 4) is 0 Å². The van der Waals surface area contributed by atoms with Gasteiger partial charge in [-0.1, -0.05) is 31.9 Å². The lowest BCUT2D eigenvalue weighted by Crippen LogP contribution is -2.10. The van der Waals surface area contributed by atoms with Gasteiger partial charge in [-0.2, -0.15) is 0 Å². The average molecular weight is 338 g/mol. The average Bonchev–Trinajstić information content (AvgIpc) is 2.16. The molecule has 0 fully saturated rings. The Bertz CT molecular complexity index is 350. The summed E-state index contributed by atoms with van der Waals surface area (Å²) in [7, 11) is 0. The zero-order valence-electron chi connectivity index (χ0n) is 7.88. The van der Waals surface area contributed by atoms with Crippen molar-refractivity contribution in [2.75, 3.05) is 6.26 Å². The molecule has 1 nitrogen and oxygen atoms in total. The number of carbonyl (C=O) groups is 1. The van der Waals surface area contributed by atoms with Crippen molar-refractivity contribution >= 4 is 49.4 Å². The molecule has 76 valence electrons. The van der Waals surface area contributed by atoms with Crippen molar-refractivity contribution in [1.82, 2.24) is 0 Å². The minimum atomic E-state index is -0.130. The standard InChI is InChI=1S/C10H10Br2OS/c1-6(11)10(13)8-4-3-7(12)5-9(8)14-2/h3-6H,1-2H3. The van der Waals surface area contributed by atoms with Gasteiger partial charge in [0.15, 0.2) is 5.78 Å². The molecule has 14 heavy (non-hydrogen) atoms. The van der Waals surface area contributed by atoms with E-state index < -0.39 is 0 Å². The Morgan fingerprint density at radius 1 is 1.50 bits per heavy atom. The molecule has 1 aromatic carbocycles. The van der Waals surface area contributed by atoms with Crippen LogP contribution in [0.3, 0.4) is 0 Å². The van der Waals surface area contributed by atoms with Crippen LogP contribution in [0.5, 0.6) is 0 Å². The molecule has 0 aliphatic rings. The molecule has 0 radical (unpaired) electrons. The maximum Gasteiger partial charge on any atom is 0.177 e. The van der Waals surface area contributed by atoms with Crippen molar-refractivity contribution < 1.29 is 4.79 Å². The summed E-state index contributed by atoms with van der Waals surface area (Å²) in [6, 6.07) is 5.71. The predicted molar refractivity (Wildman–Crippen MR) is 68.6 cm³/mol. The van der Waals surface area contributed by atoms with Gasteiger partial charge in [-0.3, -0.25) is 4.79 Å². The molecule has 0 aromatic heterocycles. The number of halogens is 2. The van der Waals surface area contributed by atoms with Crippen molar-refractivity contribution in [2.45, 2.75) is 16.6 Å². The highest BCUT2D eigenvalue weighted by Crippen LogP contribution is 2.26. The van der Waals surface area contributed by atoms with Gasteiger partial charge in [0.25, 0.3) is 0 Å². The number of Topliss-reactive ketones (excluding diaryl/α,β-unsaturated/α-hetero) is 1. The number of ketones is 1. The molecule has 1 atom stereocenters. The quantitative estimate of drug-likeness (QED) is 0.468. The maximum atomic E-state index is 11.8. The van der Waals surface area contributed by atoms with Crippen LogP contribution in [0, 0.1) is 0 Å². The summed E-state index contributed by atoms with van der Waals surface area (Å²) in [5.74, 6) is 0.127. The molecule has 1 aromatic rings. The van der Waals surface area contributed by atoms with Gasteiger partial charge in [0, 0.05) is 14.9 Å². The number of benzene rings is 1. The molecule has 0 heterocycles. The summed E-state index contributed by atoms with van der Waals surface area (Å²) < 4.78 is 1.00. The van der Waals surface area contributed by atoms with E-state index >= 15 is 0 Å². The number of hydrogen-bond acceptors (Lipinski definition) is 2. The fraction of sp³-hybridized carbons (Fsp3) is 0.300. The Morgan fingerprint density at radius 2 is 2.14 bits per heavy atom. The largest absolute Gasteiger partial charge is 0.293 e. The van der Waals surface area contributed by atoms with E-state index in [2.05, 4.69) is 31.9 Å². The van der Waals surface area contributed by atoms with Crippen LogP contribution in [0.15, 0.2) is 27.6 Å². The Balaban J connectivity index is 3.14. The summed E-state index contributed by atoms with van der Waals surface area (Å²) in [6.07, 6.45) is 1.97. The molecule has 0 amide bonds. The summed E-state index contributed by atoms with van der Waals surface area (Å²) >= 11 is 8.26. The first-order valence-corrected chi connectivity index (χ1v) is 7.01. The van der Waals surface area contributed by atoms with E-state index in [1.807, 2.05) is 31.4 Å². The second-order valence-corrected chi connectivity index (χ2v) is 5.96. The van der Waals surface area contributed by atoms with Crippen molar-refractivity contribution in [3.63, 3.8) is 0 Å². The molecule has 0 N–H and O–H groups in total. The maximum absolute atomic E-state index is 11.8. The molecule has 0 aliphatic heterocycles. The van der Waals surface area contributed by atoms with Crippen LogP contribution in [0.1, 0.15) is 17.3 Å². The Hall–Kier alpha value is 0.200. The third-order valence-electron chi connectivity index (χ3n) is 1.79. The van der Waals surface area contributed by atoms with Crippen LogP contribution in [0.4, 0.5) is 0 Å². The topological polar surface area (TPSA) is 17.1 Å². The van der Waals surface area contributed by atoms with Gasteiger partial charge in [-0.05, 0) is 31.4 Å². The number of thioether (sulfide) groups is 1. The fourth-order valence-electron chi connectivity index (χ4n) is 1.08. The summed E-state index contributed by atoms with van der Waals surface area (Å²) in [5, 5.41) is 0. The smallest absolute Gasteiger partial charge is 0.177 e. The minimum Gasteiger partial charge on any atom is -0.293 e. The number of alkyl halides is 1. The zero-order chi connectivity index (χ0) is 10.7. The first kappa shape index (κ1) is 12.3. The lowest BCUT2D eigenvalue weighted by Gasteiger charge is -2.08. The van der Waals surface area contributed by atoms with E-state index in [0.717, 1.165) is 14.9 Å². The minimum absolute atomic E-state index is 0.127. The predicted octanol–water partition coefficient (Wildman–Crippen LogP) is 4.14. The van der Waals surface area contributed by atoms with Gasteiger partial charge in [-0.25, -0.2) is 0 Å². The molecule has 1 rings (SSSR count). The first-order valence-electron chi connectivity index (χ1n) is 4.08. The van der Waals surface area contributed by atoms with Crippen molar-refractivity contribution in [1.29, 1.82) is 0 Å². The normalized spacial score (nSPS) is 12.6. The molecule has 1 unspecified atom stereocenters. The van der Waals surface area contributed by atoms with Gasteiger partial charge in [0.1, 0.15) is 0 Å². The molecule has 0 bridgehead atoms. The van der Waals surface area contributed by atoms with E-state index in [4.69, 9.17) is 0 Å². The molecule has 0 saturated carbocycles. The molecular formula is C10H10Br2OS. The zero-order valence-corrected chi connectivity index (χ0v) is 11.9. The molecule has 0 spiro atoms. The Labute approximate surface area is 105 Å².